The molecule has 3 heterocycles. The molecule has 0 unspecified atom stereocenters. The van der Waals surface area contributed by atoms with E-state index in [-0.39, 0.29) is 18.6 Å². The van der Waals surface area contributed by atoms with Crippen molar-refractivity contribution in [3.05, 3.63) is 41.7 Å². The minimum absolute atomic E-state index is 0.247. The van der Waals surface area contributed by atoms with E-state index < -0.39 is 0 Å². The largest absolute Gasteiger partial charge is 0.493 e. The molecule has 1 saturated heterocycles. The van der Waals surface area contributed by atoms with Gasteiger partial charge in [-0.1, -0.05) is 0 Å². The van der Waals surface area contributed by atoms with Crippen LogP contribution < -0.4 is 14.4 Å². The number of hydrogen-bond acceptors (Lipinski definition) is 8. The van der Waals surface area contributed by atoms with E-state index in [1.807, 2.05) is 18.2 Å². The zero-order valence-electron chi connectivity index (χ0n) is 18.4. The van der Waals surface area contributed by atoms with Crippen molar-refractivity contribution in [1.29, 1.82) is 0 Å². The molecule has 0 aliphatic carbocycles. The third-order valence-electron chi connectivity index (χ3n) is 6.21. The molecule has 32 heavy (non-hydrogen) atoms. The van der Waals surface area contributed by atoms with Gasteiger partial charge in [0.05, 0.1) is 32.4 Å². The normalized spacial score (nSPS) is 17.5. The molecule has 2 aliphatic heterocycles. The van der Waals surface area contributed by atoms with Gasteiger partial charge in [0.25, 0.3) is 0 Å². The second-order valence-corrected chi connectivity index (χ2v) is 8.01. The number of carbonyl (C=O) groups is 1. The van der Waals surface area contributed by atoms with Crippen LogP contribution in [0.15, 0.2) is 30.6 Å². The van der Waals surface area contributed by atoms with E-state index in [9.17, 15) is 4.79 Å². The number of fused-ring (bicyclic) bond motifs is 2. The van der Waals surface area contributed by atoms with E-state index in [0.717, 1.165) is 46.8 Å². The number of nitrogens with zero attached hydrogens (tertiary/aromatic N) is 3. The molecule has 8 nitrogen and oxygen atoms in total. The standard InChI is InChI=1S/C24H25N3O5/c1-29-13-17-5-4-6-27(17)24-25-10-16(11-26-24)21-18-9-20(31-3)19(30-2)8-14(18)7-15-12-32-23(28)22(15)21/h7-11,17H,4-6,12-13H2,1-3H3/t17-/m0/s1. The van der Waals surface area contributed by atoms with E-state index in [2.05, 4.69) is 14.9 Å². The Labute approximate surface area is 186 Å². The number of esters is 1. The second-order valence-electron chi connectivity index (χ2n) is 8.01. The highest BCUT2D eigenvalue weighted by Gasteiger charge is 2.30. The summed E-state index contributed by atoms with van der Waals surface area (Å²) in [7, 11) is 4.91. The molecule has 1 aromatic heterocycles. The van der Waals surface area contributed by atoms with Crippen LogP contribution in [0.1, 0.15) is 28.8 Å². The van der Waals surface area contributed by atoms with Gasteiger partial charge in [0.15, 0.2) is 11.5 Å². The number of aromatic nitrogens is 2. The van der Waals surface area contributed by atoms with Gasteiger partial charge in [-0.2, -0.15) is 0 Å². The minimum atomic E-state index is -0.338. The third kappa shape index (κ3) is 3.31. The van der Waals surface area contributed by atoms with E-state index in [1.165, 1.54) is 0 Å². The van der Waals surface area contributed by atoms with Crippen molar-refractivity contribution < 1.29 is 23.7 Å². The predicted molar refractivity (Wildman–Crippen MR) is 119 cm³/mol. The molecule has 8 heteroatoms. The number of carbonyl (C=O) groups excluding carboxylic acids is 1. The maximum absolute atomic E-state index is 12.6. The lowest BCUT2D eigenvalue weighted by Crippen LogP contribution is -2.34. The summed E-state index contributed by atoms with van der Waals surface area (Å²) in [5, 5.41) is 1.79. The lowest BCUT2D eigenvalue weighted by Gasteiger charge is -2.24. The number of rotatable bonds is 6. The summed E-state index contributed by atoms with van der Waals surface area (Å²) in [5.41, 5.74) is 2.90. The first-order chi connectivity index (χ1) is 15.6. The van der Waals surface area contributed by atoms with Crippen molar-refractivity contribution in [1.82, 2.24) is 9.97 Å². The molecule has 0 spiro atoms. The Morgan fingerprint density at radius 1 is 1.06 bits per heavy atom. The molecule has 0 amide bonds. The van der Waals surface area contributed by atoms with Crippen molar-refractivity contribution in [2.45, 2.75) is 25.5 Å². The summed E-state index contributed by atoms with van der Waals surface area (Å²) >= 11 is 0. The lowest BCUT2D eigenvalue weighted by atomic mass is 9.91. The summed E-state index contributed by atoms with van der Waals surface area (Å²) < 4.78 is 21.7. The Morgan fingerprint density at radius 3 is 2.53 bits per heavy atom. The summed E-state index contributed by atoms with van der Waals surface area (Å²) in [6, 6.07) is 6.04. The molecule has 1 fully saturated rings. The summed E-state index contributed by atoms with van der Waals surface area (Å²) in [4.78, 5) is 24.1. The molecule has 3 aromatic rings. The van der Waals surface area contributed by atoms with Crippen LogP contribution in [0.2, 0.25) is 0 Å². The van der Waals surface area contributed by atoms with Crippen LogP contribution in [0.4, 0.5) is 5.95 Å². The van der Waals surface area contributed by atoms with Gasteiger partial charge in [-0.15, -0.1) is 0 Å². The zero-order chi connectivity index (χ0) is 22.2. The van der Waals surface area contributed by atoms with Gasteiger partial charge < -0.3 is 23.8 Å². The first-order valence-electron chi connectivity index (χ1n) is 10.6. The number of cyclic esters (lactones) is 1. The van der Waals surface area contributed by atoms with Gasteiger partial charge in [-0.25, -0.2) is 14.8 Å². The number of methoxy groups -OCH3 is 3. The maximum Gasteiger partial charge on any atom is 0.339 e. The highest BCUT2D eigenvalue weighted by atomic mass is 16.5. The Balaban J connectivity index is 1.64. The van der Waals surface area contributed by atoms with Gasteiger partial charge in [0.2, 0.25) is 5.95 Å². The molecular formula is C24H25N3O5. The molecule has 0 N–H and O–H groups in total. The zero-order valence-corrected chi connectivity index (χ0v) is 18.4. The maximum atomic E-state index is 12.6. The van der Waals surface area contributed by atoms with Gasteiger partial charge in [0.1, 0.15) is 6.61 Å². The van der Waals surface area contributed by atoms with Crippen LogP contribution >= 0.6 is 0 Å². The molecule has 0 saturated carbocycles. The number of ether oxygens (including phenoxy) is 4. The van der Waals surface area contributed by atoms with E-state index >= 15 is 0 Å². The highest BCUT2D eigenvalue weighted by Crippen LogP contribution is 2.42. The Bertz CT molecular complexity index is 1180. The third-order valence-corrected chi connectivity index (χ3v) is 6.21. The average Bonchev–Trinajstić information content (AvgIpc) is 3.43. The van der Waals surface area contributed by atoms with Crippen LogP contribution in [-0.4, -0.2) is 56.5 Å². The summed E-state index contributed by atoms with van der Waals surface area (Å²) in [6.07, 6.45) is 5.70. The average molecular weight is 435 g/mol. The molecule has 5 rings (SSSR count). The van der Waals surface area contributed by atoms with Crippen LogP contribution in [0.5, 0.6) is 11.5 Å². The molecule has 2 aromatic carbocycles. The first-order valence-corrected chi connectivity index (χ1v) is 10.6. The molecular weight excluding hydrogens is 410 g/mol. The summed E-state index contributed by atoms with van der Waals surface area (Å²) in [6.45, 7) is 1.80. The highest BCUT2D eigenvalue weighted by molar-refractivity contribution is 6.11. The second kappa shape index (κ2) is 8.27. The first kappa shape index (κ1) is 20.5. The monoisotopic (exact) mass is 435 g/mol. The fraction of sp³-hybridized carbons (Fsp3) is 0.375. The van der Waals surface area contributed by atoms with Gasteiger partial charge >= 0.3 is 5.97 Å². The molecule has 1 atom stereocenters. The molecule has 2 aliphatic rings. The fourth-order valence-electron chi connectivity index (χ4n) is 4.71. The van der Waals surface area contributed by atoms with Crippen molar-refractivity contribution in [3.8, 4) is 22.6 Å². The Kier molecular flexibility index (Phi) is 5.30. The Morgan fingerprint density at radius 2 is 1.81 bits per heavy atom. The smallest absolute Gasteiger partial charge is 0.339 e. The topological polar surface area (TPSA) is 83.0 Å². The van der Waals surface area contributed by atoms with Crippen LogP contribution in [0, 0.1) is 0 Å². The van der Waals surface area contributed by atoms with Crippen LogP contribution in [0.25, 0.3) is 21.9 Å². The van der Waals surface area contributed by atoms with Crippen molar-refractivity contribution in [3.63, 3.8) is 0 Å². The predicted octanol–water partition coefficient (Wildman–Crippen LogP) is 3.60. The molecule has 0 bridgehead atoms. The van der Waals surface area contributed by atoms with E-state index in [4.69, 9.17) is 18.9 Å². The molecule has 166 valence electrons. The van der Waals surface area contributed by atoms with Crippen molar-refractivity contribution in [2.24, 2.45) is 0 Å². The SMILES string of the molecule is COC[C@@H]1CCCN1c1ncc(-c2c3c(cc4cc(OC)c(OC)cc24)COC3=O)cn1. The fourth-order valence-corrected chi connectivity index (χ4v) is 4.71. The minimum Gasteiger partial charge on any atom is -0.493 e. The number of anilines is 1. The quantitative estimate of drug-likeness (QED) is 0.543. The van der Waals surface area contributed by atoms with Gasteiger partial charge in [-0.3, -0.25) is 0 Å². The van der Waals surface area contributed by atoms with Crippen LogP contribution in [-0.2, 0) is 16.1 Å². The van der Waals surface area contributed by atoms with Crippen molar-refractivity contribution >= 4 is 22.7 Å². The van der Waals surface area contributed by atoms with Crippen LogP contribution in [0.3, 0.4) is 0 Å². The van der Waals surface area contributed by atoms with E-state index in [0.29, 0.717) is 29.6 Å². The number of hydrogen-bond donors (Lipinski definition) is 0. The van der Waals surface area contributed by atoms with Gasteiger partial charge in [0, 0.05) is 42.7 Å². The van der Waals surface area contributed by atoms with E-state index in [1.54, 1.807) is 33.7 Å². The van der Waals surface area contributed by atoms with Crippen molar-refractivity contribution in [2.75, 3.05) is 39.4 Å². The Hall–Kier alpha value is -3.39. The number of benzene rings is 2. The summed E-state index contributed by atoms with van der Waals surface area (Å²) in [5.74, 6) is 1.55. The van der Waals surface area contributed by atoms with Gasteiger partial charge in [-0.05, 0) is 41.8 Å². The lowest BCUT2D eigenvalue weighted by molar-refractivity contribution is 0.0535. The molecule has 0 radical (unpaired) electrons.